The van der Waals surface area contributed by atoms with Gasteiger partial charge in [0.05, 0.1) is 0 Å². The van der Waals surface area contributed by atoms with Gasteiger partial charge in [0.1, 0.15) is 0 Å². The Morgan fingerprint density at radius 2 is 0.435 bits per heavy atom. The van der Waals surface area contributed by atoms with E-state index in [1.807, 2.05) is 0 Å². The number of fused-ring (bicyclic) bond motifs is 16. The van der Waals surface area contributed by atoms with Gasteiger partial charge in [0, 0.05) is 34.1 Å². The van der Waals surface area contributed by atoms with E-state index >= 15 is 0 Å². The lowest BCUT2D eigenvalue weighted by molar-refractivity contribution is 0.590. The summed E-state index contributed by atoms with van der Waals surface area (Å²) in [5.74, 6) is 0. The summed E-state index contributed by atoms with van der Waals surface area (Å²) in [5, 5.41) is 24.4. The minimum Gasteiger partial charge on any atom is -0.310 e. The minimum absolute atomic E-state index is 0.0405. The van der Waals surface area contributed by atoms with Crippen LogP contribution in [0.25, 0.3) is 130 Å². The average molecular weight is 1180 g/mol. The number of rotatable bonds is 8. The maximum atomic E-state index is 2.48. The molecule has 0 aliphatic heterocycles. The fourth-order valence-electron chi connectivity index (χ4n) is 14.9. The van der Waals surface area contributed by atoms with Gasteiger partial charge in [-0.25, -0.2) is 0 Å². The quantitative estimate of drug-likeness (QED) is 0.111. The van der Waals surface area contributed by atoms with Gasteiger partial charge in [0.25, 0.3) is 0 Å². The van der Waals surface area contributed by atoms with Gasteiger partial charge >= 0.3 is 0 Å². The molecule has 0 aliphatic carbocycles. The third-order valence-electron chi connectivity index (χ3n) is 19.6. The van der Waals surface area contributed by atoms with Crippen LogP contribution in [0.15, 0.2) is 303 Å². The van der Waals surface area contributed by atoms with Crippen LogP contribution in [0.2, 0.25) is 0 Å². The molecule has 2 nitrogen and oxygen atoms in total. The van der Waals surface area contributed by atoms with Crippen molar-refractivity contribution in [1.82, 2.24) is 0 Å². The predicted molar refractivity (Wildman–Crippen MR) is 399 cm³/mol. The Morgan fingerprint density at radius 1 is 0.196 bits per heavy atom. The van der Waals surface area contributed by atoms with Gasteiger partial charge in [0.15, 0.2) is 0 Å². The maximum Gasteiger partial charge on any atom is 0.0468 e. The Bertz CT molecular complexity index is 5320. The highest BCUT2D eigenvalue weighted by molar-refractivity contribution is 6.43. The Hall–Kier alpha value is -11.1. The molecule has 92 heavy (non-hydrogen) atoms. The van der Waals surface area contributed by atoms with Crippen molar-refractivity contribution in [2.45, 2.75) is 52.4 Å². The molecule has 0 aromatic heterocycles. The first kappa shape index (κ1) is 55.0. The van der Waals surface area contributed by atoms with E-state index in [4.69, 9.17) is 0 Å². The van der Waals surface area contributed by atoms with Crippen molar-refractivity contribution >= 4 is 142 Å². The summed E-state index contributed by atoms with van der Waals surface area (Å²) < 4.78 is 0. The monoisotopic (exact) mass is 1180 g/mol. The molecule has 0 spiro atoms. The standard InChI is InChI=1S/C90H68N2/c1-89(2,3)67-39-31-61(32-40-67)83-85-77-29-17-15-27-75(77)82-56-74(92(71-45-37-59-21-9-13-25-65(59)53-71)72-46-38-60-22-10-14-26-66(60)54-72)48-50-80(82)88(85)84(62-33-41-68(42-34-62)90(4,5)6)86-78-30-18-16-28-76(78)81-55-73(47-49-79(81)87(83)86)91(69-43-35-57-19-7-11-23-63(57)51-69)70-44-36-58-20-8-12-24-64(58)52-70/h7-56H,1-6H3. The van der Waals surface area contributed by atoms with Gasteiger partial charge in [-0.05, 0) is 225 Å². The molecule has 2 heteroatoms. The lowest BCUT2D eigenvalue weighted by atomic mass is 9.77. The first-order valence-electron chi connectivity index (χ1n) is 32.4. The van der Waals surface area contributed by atoms with E-state index in [-0.39, 0.29) is 10.8 Å². The van der Waals surface area contributed by atoms with E-state index in [1.165, 1.54) is 141 Å². The minimum atomic E-state index is -0.0405. The number of hydrogen-bond acceptors (Lipinski definition) is 2. The van der Waals surface area contributed by atoms with E-state index in [0.29, 0.717) is 0 Å². The van der Waals surface area contributed by atoms with Crippen LogP contribution in [0.3, 0.4) is 0 Å². The fraction of sp³-hybridized carbons (Fsp3) is 0.0889. The molecule has 0 saturated heterocycles. The summed E-state index contributed by atoms with van der Waals surface area (Å²) in [7, 11) is 0. The van der Waals surface area contributed by atoms with Crippen LogP contribution in [0.1, 0.15) is 52.7 Å². The van der Waals surface area contributed by atoms with Crippen LogP contribution in [0.5, 0.6) is 0 Å². The molecule has 17 rings (SSSR count). The van der Waals surface area contributed by atoms with Crippen molar-refractivity contribution in [3.05, 3.63) is 314 Å². The zero-order valence-electron chi connectivity index (χ0n) is 52.8. The third kappa shape index (κ3) is 9.15. The van der Waals surface area contributed by atoms with E-state index in [9.17, 15) is 0 Å². The maximum absolute atomic E-state index is 2.48. The van der Waals surface area contributed by atoms with Crippen molar-refractivity contribution in [2.24, 2.45) is 0 Å². The van der Waals surface area contributed by atoms with E-state index in [0.717, 1.165) is 34.1 Å². The van der Waals surface area contributed by atoms with Crippen LogP contribution in [-0.2, 0) is 10.8 Å². The fourth-order valence-corrected chi connectivity index (χ4v) is 14.9. The molecule has 0 atom stereocenters. The highest BCUT2D eigenvalue weighted by Crippen LogP contribution is 2.55. The largest absolute Gasteiger partial charge is 0.310 e. The normalized spacial score (nSPS) is 12.2. The second kappa shape index (κ2) is 21.3. The van der Waals surface area contributed by atoms with Gasteiger partial charge in [-0.15, -0.1) is 0 Å². The summed E-state index contributed by atoms with van der Waals surface area (Å²) in [6, 6.07) is 115. The van der Waals surface area contributed by atoms with Gasteiger partial charge in [-0.1, -0.05) is 272 Å². The lowest BCUT2D eigenvalue weighted by Gasteiger charge is -2.28. The molecule has 0 N–H and O–H groups in total. The molecular formula is C90H68N2. The molecule has 0 saturated carbocycles. The summed E-state index contributed by atoms with van der Waals surface area (Å²) in [6.07, 6.45) is 0. The highest BCUT2D eigenvalue weighted by Gasteiger charge is 2.28. The Balaban J connectivity index is 1.02. The van der Waals surface area contributed by atoms with Crippen molar-refractivity contribution in [3.63, 3.8) is 0 Å². The molecule has 0 radical (unpaired) electrons. The summed E-state index contributed by atoms with van der Waals surface area (Å²) in [6.45, 7) is 13.9. The lowest BCUT2D eigenvalue weighted by Crippen LogP contribution is -2.10. The molecule has 0 fully saturated rings. The van der Waals surface area contributed by atoms with Crippen LogP contribution in [0, 0.1) is 0 Å². The number of anilines is 6. The van der Waals surface area contributed by atoms with Crippen molar-refractivity contribution < 1.29 is 0 Å². The molecule has 438 valence electrons. The van der Waals surface area contributed by atoms with Crippen LogP contribution < -0.4 is 9.80 Å². The Morgan fingerprint density at radius 3 is 0.728 bits per heavy atom. The molecule has 0 amide bonds. The third-order valence-corrected chi connectivity index (χ3v) is 19.6. The smallest absolute Gasteiger partial charge is 0.0468 e. The number of nitrogens with zero attached hydrogens (tertiary/aromatic N) is 2. The van der Waals surface area contributed by atoms with Gasteiger partial charge < -0.3 is 9.80 Å². The zero-order chi connectivity index (χ0) is 62.0. The molecule has 17 aromatic carbocycles. The molecule has 0 bridgehead atoms. The SMILES string of the molecule is CC(C)(C)c1ccc(-c2c3c4ccccc4c4cc(N(c5ccc6ccccc6c5)c5ccc6ccccc6c5)ccc4c3c(-c3ccc(C(C)(C)C)cc3)c3c4ccccc4c4cc(N(c5ccc6ccccc6c5)c5ccc6ccccc6c5)ccc4c23)cc1. The van der Waals surface area contributed by atoms with Crippen LogP contribution in [-0.4, -0.2) is 0 Å². The van der Waals surface area contributed by atoms with Gasteiger partial charge in [0.2, 0.25) is 0 Å². The summed E-state index contributed by atoms with van der Waals surface area (Å²) in [5.41, 5.74) is 14.0. The summed E-state index contributed by atoms with van der Waals surface area (Å²) >= 11 is 0. The summed E-state index contributed by atoms with van der Waals surface area (Å²) in [4.78, 5) is 4.92. The van der Waals surface area contributed by atoms with E-state index in [1.54, 1.807) is 0 Å². The molecular weight excluding hydrogens is 1110 g/mol. The molecule has 0 unspecified atom stereocenters. The van der Waals surface area contributed by atoms with E-state index in [2.05, 4.69) is 355 Å². The first-order chi connectivity index (χ1) is 44.9. The van der Waals surface area contributed by atoms with Crippen molar-refractivity contribution in [2.75, 3.05) is 9.80 Å². The second-order valence-corrected chi connectivity index (χ2v) is 27.3. The van der Waals surface area contributed by atoms with Crippen LogP contribution in [0.4, 0.5) is 34.1 Å². The second-order valence-electron chi connectivity index (χ2n) is 27.3. The number of benzene rings is 17. The molecule has 0 aliphatic rings. The van der Waals surface area contributed by atoms with Gasteiger partial charge in [-0.3, -0.25) is 0 Å². The van der Waals surface area contributed by atoms with Crippen molar-refractivity contribution in [1.29, 1.82) is 0 Å². The zero-order valence-corrected chi connectivity index (χ0v) is 52.8. The van der Waals surface area contributed by atoms with Crippen LogP contribution >= 0.6 is 0 Å². The average Bonchev–Trinajstić information content (AvgIpc) is 0.686. The number of hydrogen-bond donors (Lipinski definition) is 0. The van der Waals surface area contributed by atoms with Crippen molar-refractivity contribution in [3.8, 4) is 22.3 Å². The molecule has 0 heterocycles. The predicted octanol–water partition coefficient (Wildman–Crippen LogP) is 26.1. The Labute approximate surface area is 537 Å². The first-order valence-corrected chi connectivity index (χ1v) is 32.4. The van der Waals surface area contributed by atoms with E-state index < -0.39 is 0 Å². The highest BCUT2D eigenvalue weighted by atomic mass is 15.1. The topological polar surface area (TPSA) is 6.48 Å². The van der Waals surface area contributed by atoms with Gasteiger partial charge in [-0.2, -0.15) is 0 Å². The Kier molecular flexibility index (Phi) is 12.7. The molecule has 17 aromatic rings.